The number of allylic oxidation sites excluding steroid dienone is 2. The number of para-hydroxylation sites is 1. The number of anilines is 1. The standard InChI is InChI=1S/C29H23NO6/c1-34-21-13-14-22-23(18-21)30(26(33)35-20-10-5-4-6-11-20)28-17-8-3-2-7-15-27(19-25(31)32)16-9-12-24(28)29(22,27)36-28/h2-6,10-11,13-14,18,24H,9,12,16,19H2,1H3,(H,31,32)/p-1/b3-2-/t24?,27?,28-,29-/m1/s1. The Labute approximate surface area is 208 Å². The minimum atomic E-state index is -1.35. The van der Waals surface area contributed by atoms with Gasteiger partial charge in [0, 0.05) is 24.0 Å². The van der Waals surface area contributed by atoms with Crippen molar-refractivity contribution in [2.75, 3.05) is 12.0 Å². The fourth-order valence-electron chi connectivity index (χ4n) is 6.36. The highest BCUT2D eigenvalue weighted by atomic mass is 16.6. The van der Waals surface area contributed by atoms with Crippen LogP contribution in [0, 0.1) is 35.0 Å². The third-order valence-corrected chi connectivity index (χ3v) is 7.65. The summed E-state index contributed by atoms with van der Waals surface area (Å²) in [6.45, 7) is 0. The van der Waals surface area contributed by atoms with Crippen LogP contribution in [0.5, 0.6) is 11.5 Å². The molecule has 6 rings (SSSR count). The second-order valence-corrected chi connectivity index (χ2v) is 9.38. The van der Waals surface area contributed by atoms with Gasteiger partial charge in [-0.15, -0.1) is 0 Å². The zero-order chi connectivity index (χ0) is 25.0. The molecule has 4 atom stereocenters. The van der Waals surface area contributed by atoms with Gasteiger partial charge in [-0.2, -0.15) is 0 Å². The van der Waals surface area contributed by atoms with Gasteiger partial charge in [-0.1, -0.05) is 48.4 Å². The van der Waals surface area contributed by atoms with Crippen molar-refractivity contribution in [2.24, 2.45) is 11.3 Å². The second-order valence-electron chi connectivity index (χ2n) is 9.38. The summed E-state index contributed by atoms with van der Waals surface area (Å²) < 4.78 is 18.0. The number of amides is 1. The zero-order valence-corrected chi connectivity index (χ0v) is 19.6. The van der Waals surface area contributed by atoms with Gasteiger partial charge in [0.2, 0.25) is 5.72 Å². The summed E-state index contributed by atoms with van der Waals surface area (Å²) in [7, 11) is 1.54. The van der Waals surface area contributed by atoms with E-state index in [0.717, 1.165) is 0 Å². The van der Waals surface area contributed by atoms with E-state index in [4.69, 9.17) is 14.2 Å². The Hall–Kier alpha value is -4.20. The van der Waals surface area contributed by atoms with E-state index in [1.54, 1.807) is 55.7 Å². The lowest BCUT2D eigenvalue weighted by Gasteiger charge is -2.73. The molecule has 7 heteroatoms. The number of aliphatic carboxylic acids is 1. The van der Waals surface area contributed by atoms with Gasteiger partial charge >= 0.3 is 6.09 Å². The summed E-state index contributed by atoms with van der Waals surface area (Å²) in [4.78, 5) is 27.3. The molecule has 36 heavy (non-hydrogen) atoms. The maximum Gasteiger partial charge on any atom is 0.422 e. The molecule has 2 unspecified atom stereocenters. The van der Waals surface area contributed by atoms with E-state index < -0.39 is 28.8 Å². The Kier molecular flexibility index (Phi) is 4.90. The number of carboxylic acids is 1. The molecule has 1 saturated carbocycles. The van der Waals surface area contributed by atoms with E-state index in [1.165, 1.54) is 4.90 Å². The van der Waals surface area contributed by atoms with Crippen LogP contribution in [-0.2, 0) is 15.1 Å². The minimum Gasteiger partial charge on any atom is -0.550 e. The molecule has 0 N–H and O–H groups in total. The van der Waals surface area contributed by atoms with Gasteiger partial charge in [0.05, 0.1) is 24.1 Å². The maximum absolute atomic E-state index is 13.8. The Morgan fingerprint density at radius 1 is 1.11 bits per heavy atom. The number of methoxy groups -OCH3 is 1. The summed E-state index contributed by atoms with van der Waals surface area (Å²) in [6.07, 6.45) is 4.13. The van der Waals surface area contributed by atoms with Crippen molar-refractivity contribution in [3.05, 3.63) is 66.2 Å². The lowest BCUT2D eigenvalue weighted by molar-refractivity contribution is -0.368. The average Bonchev–Trinajstić information content (AvgIpc) is 2.86. The number of carbonyl (C=O) groups excluding carboxylic acids is 2. The normalized spacial score (nSPS) is 31.1. The van der Waals surface area contributed by atoms with Crippen molar-refractivity contribution >= 4 is 17.7 Å². The van der Waals surface area contributed by atoms with E-state index in [-0.39, 0.29) is 12.3 Å². The van der Waals surface area contributed by atoms with E-state index >= 15 is 0 Å². The van der Waals surface area contributed by atoms with Crippen LogP contribution in [0.25, 0.3) is 0 Å². The van der Waals surface area contributed by atoms with E-state index in [2.05, 4.69) is 23.7 Å². The van der Waals surface area contributed by atoms with Crippen molar-refractivity contribution in [1.82, 2.24) is 0 Å². The van der Waals surface area contributed by atoms with Gasteiger partial charge in [-0.05, 0) is 49.1 Å². The quantitative estimate of drug-likeness (QED) is 0.625. The van der Waals surface area contributed by atoms with Crippen LogP contribution in [0.1, 0.15) is 31.2 Å². The summed E-state index contributed by atoms with van der Waals surface area (Å²) in [5, 5.41) is 12.0. The molecule has 1 saturated heterocycles. The first-order valence-electron chi connectivity index (χ1n) is 11.8. The number of nitrogens with zero attached hydrogens (tertiary/aromatic N) is 1. The molecule has 2 heterocycles. The molecular formula is C29H22NO6-. The molecule has 4 bridgehead atoms. The molecule has 2 aliphatic heterocycles. The molecule has 7 nitrogen and oxygen atoms in total. The third kappa shape index (κ3) is 2.87. The number of carboxylic acid groups (broad SMARTS) is 1. The van der Waals surface area contributed by atoms with Crippen LogP contribution in [-0.4, -0.2) is 24.9 Å². The summed E-state index contributed by atoms with van der Waals surface area (Å²) in [6, 6.07) is 14.1. The molecular weight excluding hydrogens is 458 g/mol. The molecule has 0 spiro atoms. The van der Waals surface area contributed by atoms with Gasteiger partial charge in [-0.3, -0.25) is 0 Å². The Morgan fingerprint density at radius 3 is 2.64 bits per heavy atom. The monoisotopic (exact) mass is 480 g/mol. The van der Waals surface area contributed by atoms with Crippen LogP contribution >= 0.6 is 0 Å². The Bertz CT molecular complexity index is 1430. The number of ether oxygens (including phenoxy) is 3. The first-order valence-corrected chi connectivity index (χ1v) is 11.8. The van der Waals surface area contributed by atoms with Crippen LogP contribution < -0.4 is 19.5 Å². The Morgan fingerprint density at radius 2 is 1.89 bits per heavy atom. The van der Waals surface area contributed by atoms with Crippen LogP contribution in [0.4, 0.5) is 10.5 Å². The summed E-state index contributed by atoms with van der Waals surface area (Å²) in [5.74, 6) is 11.8. The van der Waals surface area contributed by atoms with Crippen molar-refractivity contribution < 1.29 is 28.9 Å². The predicted octanol–water partition coefficient (Wildman–Crippen LogP) is 3.14. The Balaban J connectivity index is 1.61. The van der Waals surface area contributed by atoms with Crippen LogP contribution in [0.2, 0.25) is 0 Å². The average molecular weight is 480 g/mol. The first-order chi connectivity index (χ1) is 17.5. The topological polar surface area (TPSA) is 88.1 Å². The van der Waals surface area contributed by atoms with Crippen molar-refractivity contribution in [3.8, 4) is 35.2 Å². The van der Waals surface area contributed by atoms with Crippen molar-refractivity contribution in [2.45, 2.75) is 37.0 Å². The van der Waals surface area contributed by atoms with Gasteiger partial charge < -0.3 is 24.1 Å². The number of hydrogen-bond donors (Lipinski definition) is 0. The molecule has 0 aromatic heterocycles. The van der Waals surface area contributed by atoms with Gasteiger partial charge in [0.15, 0.2) is 0 Å². The van der Waals surface area contributed by atoms with Gasteiger partial charge in [0.25, 0.3) is 0 Å². The lowest BCUT2D eigenvalue weighted by atomic mass is 9.47. The highest BCUT2D eigenvalue weighted by Gasteiger charge is 2.80. The molecule has 1 amide bonds. The zero-order valence-electron chi connectivity index (χ0n) is 19.6. The number of benzene rings is 2. The van der Waals surface area contributed by atoms with Gasteiger partial charge in [-0.25, -0.2) is 9.69 Å². The van der Waals surface area contributed by atoms with Gasteiger partial charge in [0.1, 0.15) is 17.1 Å². The fraction of sp³-hybridized carbons (Fsp3) is 0.310. The van der Waals surface area contributed by atoms with Crippen molar-refractivity contribution in [1.29, 1.82) is 0 Å². The number of fused-ring (bicyclic) bond motifs is 1. The largest absolute Gasteiger partial charge is 0.550 e. The smallest absolute Gasteiger partial charge is 0.422 e. The molecule has 180 valence electrons. The SMILES string of the molecule is COc1ccc2c(c1)N(C(=O)Oc1ccccc1)[C@@]13C#C/C=C\C#CC4(CC(=O)[O-])CCCC1[C@]24O3. The van der Waals surface area contributed by atoms with E-state index in [0.29, 0.717) is 42.0 Å². The minimum absolute atomic E-state index is 0.298. The van der Waals surface area contributed by atoms with E-state index in [1.807, 2.05) is 12.1 Å². The molecule has 0 radical (unpaired) electrons. The lowest BCUT2D eigenvalue weighted by Crippen LogP contribution is -2.82. The molecule has 4 aliphatic rings. The predicted molar refractivity (Wildman–Crippen MR) is 128 cm³/mol. The van der Waals surface area contributed by atoms with E-state index in [9.17, 15) is 14.7 Å². The summed E-state index contributed by atoms with van der Waals surface area (Å²) >= 11 is 0. The highest BCUT2D eigenvalue weighted by molar-refractivity contribution is 5.95. The molecule has 2 fully saturated rings. The summed E-state index contributed by atoms with van der Waals surface area (Å²) in [5.41, 5.74) is -2.32. The maximum atomic E-state index is 13.8. The molecule has 2 aliphatic carbocycles. The number of carbonyl (C=O) groups is 2. The fourth-order valence-corrected chi connectivity index (χ4v) is 6.36. The van der Waals surface area contributed by atoms with Crippen molar-refractivity contribution in [3.63, 3.8) is 0 Å². The molecule has 2 aromatic carbocycles. The number of rotatable bonds is 4. The van der Waals surface area contributed by atoms with Crippen LogP contribution in [0.3, 0.4) is 0 Å². The number of hydrogen-bond acceptors (Lipinski definition) is 6. The first kappa shape index (κ1) is 22.3. The highest BCUT2D eigenvalue weighted by Crippen LogP contribution is 2.73. The third-order valence-electron chi connectivity index (χ3n) is 7.65. The van der Waals surface area contributed by atoms with Crippen LogP contribution in [0.15, 0.2) is 60.7 Å². The second kappa shape index (κ2) is 7.91. The molecule has 2 aromatic rings.